The molecule has 0 radical (unpaired) electrons. The molecule has 4 heteroatoms. The van der Waals surface area contributed by atoms with Gasteiger partial charge < -0.3 is 11.1 Å². The number of para-hydroxylation sites is 1. The lowest BCUT2D eigenvalue weighted by molar-refractivity contribution is 0.605. The summed E-state index contributed by atoms with van der Waals surface area (Å²) in [5.41, 5.74) is 10.2. The Hall–Kier alpha value is -1.97. The predicted octanol–water partition coefficient (Wildman–Crippen LogP) is 4.05. The van der Waals surface area contributed by atoms with Crippen molar-refractivity contribution in [1.82, 2.24) is 9.78 Å². The van der Waals surface area contributed by atoms with Crippen molar-refractivity contribution in [2.45, 2.75) is 46.6 Å². The number of benzene rings is 1. The second kappa shape index (κ2) is 5.99. The Kier molecular flexibility index (Phi) is 4.32. The lowest BCUT2D eigenvalue weighted by Crippen LogP contribution is -2.07. The summed E-state index contributed by atoms with van der Waals surface area (Å²) in [6.07, 6.45) is 1.03. The quantitative estimate of drug-likeness (QED) is 0.863. The van der Waals surface area contributed by atoms with Gasteiger partial charge in [-0.2, -0.15) is 5.10 Å². The Balaban J connectivity index is 2.39. The van der Waals surface area contributed by atoms with Gasteiger partial charge in [-0.15, -0.1) is 0 Å². The Labute approximate surface area is 121 Å². The fourth-order valence-corrected chi connectivity index (χ4v) is 2.34. The molecular formula is C16H24N4. The molecule has 3 N–H and O–H groups in total. The van der Waals surface area contributed by atoms with Crippen molar-refractivity contribution < 1.29 is 0 Å². The average molecular weight is 272 g/mol. The standard InChI is InChI=1S/C16H24N4/c1-5-10-20-16(15(17)12(4)19-20)18-14-9-7-6-8-13(14)11(2)3/h6-9,11,18H,5,10,17H2,1-4H3. The number of nitrogens with one attached hydrogen (secondary N) is 1. The lowest BCUT2D eigenvalue weighted by atomic mass is 10.0. The molecule has 0 bridgehead atoms. The average Bonchev–Trinajstić information content (AvgIpc) is 2.67. The molecule has 0 spiro atoms. The van der Waals surface area contributed by atoms with Crippen molar-refractivity contribution in [1.29, 1.82) is 0 Å². The van der Waals surface area contributed by atoms with Gasteiger partial charge in [0.2, 0.25) is 0 Å². The summed E-state index contributed by atoms with van der Waals surface area (Å²) in [7, 11) is 0. The minimum atomic E-state index is 0.462. The van der Waals surface area contributed by atoms with Crippen LogP contribution in [0.3, 0.4) is 0 Å². The van der Waals surface area contributed by atoms with Crippen LogP contribution in [-0.4, -0.2) is 9.78 Å². The first kappa shape index (κ1) is 14.4. The third kappa shape index (κ3) is 2.79. The minimum Gasteiger partial charge on any atom is -0.394 e. The van der Waals surface area contributed by atoms with Crippen LogP contribution in [0.15, 0.2) is 24.3 Å². The third-order valence-corrected chi connectivity index (χ3v) is 3.45. The largest absolute Gasteiger partial charge is 0.394 e. The highest BCUT2D eigenvalue weighted by Gasteiger charge is 2.14. The van der Waals surface area contributed by atoms with Gasteiger partial charge in [0.05, 0.1) is 11.4 Å². The first-order chi connectivity index (χ1) is 9.54. The lowest BCUT2D eigenvalue weighted by Gasteiger charge is -2.16. The maximum atomic E-state index is 6.16. The van der Waals surface area contributed by atoms with Crippen LogP contribution in [-0.2, 0) is 6.54 Å². The van der Waals surface area contributed by atoms with Crippen LogP contribution in [0.2, 0.25) is 0 Å². The molecule has 0 fully saturated rings. The molecule has 1 heterocycles. The van der Waals surface area contributed by atoms with Crippen LogP contribution in [0, 0.1) is 6.92 Å². The zero-order valence-electron chi connectivity index (χ0n) is 12.8. The number of aromatic nitrogens is 2. The first-order valence-corrected chi connectivity index (χ1v) is 7.23. The highest BCUT2D eigenvalue weighted by molar-refractivity contribution is 5.72. The number of aryl methyl sites for hydroxylation is 2. The van der Waals surface area contributed by atoms with E-state index in [2.05, 4.69) is 49.4 Å². The first-order valence-electron chi connectivity index (χ1n) is 7.23. The number of anilines is 3. The molecule has 0 unspecified atom stereocenters. The maximum Gasteiger partial charge on any atom is 0.152 e. The maximum absolute atomic E-state index is 6.16. The molecule has 108 valence electrons. The van der Waals surface area contributed by atoms with E-state index in [0.717, 1.165) is 35.9 Å². The van der Waals surface area contributed by atoms with Gasteiger partial charge in [0.15, 0.2) is 5.82 Å². The summed E-state index contributed by atoms with van der Waals surface area (Å²) in [5.74, 6) is 1.36. The van der Waals surface area contributed by atoms with E-state index in [9.17, 15) is 0 Å². The highest BCUT2D eigenvalue weighted by atomic mass is 15.3. The summed E-state index contributed by atoms with van der Waals surface area (Å²) in [6, 6.07) is 8.35. The zero-order valence-corrected chi connectivity index (χ0v) is 12.8. The van der Waals surface area contributed by atoms with Gasteiger partial charge in [-0.1, -0.05) is 39.0 Å². The second-order valence-electron chi connectivity index (χ2n) is 5.44. The van der Waals surface area contributed by atoms with Crippen molar-refractivity contribution in [3.8, 4) is 0 Å². The molecule has 20 heavy (non-hydrogen) atoms. The van der Waals surface area contributed by atoms with Crippen molar-refractivity contribution in [2.75, 3.05) is 11.1 Å². The van der Waals surface area contributed by atoms with E-state index in [1.807, 2.05) is 17.7 Å². The number of hydrogen-bond donors (Lipinski definition) is 2. The molecule has 1 aromatic heterocycles. The molecule has 0 aliphatic carbocycles. The fourth-order valence-electron chi connectivity index (χ4n) is 2.34. The summed E-state index contributed by atoms with van der Waals surface area (Å²) < 4.78 is 1.96. The van der Waals surface area contributed by atoms with E-state index >= 15 is 0 Å². The van der Waals surface area contributed by atoms with Crippen LogP contribution >= 0.6 is 0 Å². The smallest absolute Gasteiger partial charge is 0.152 e. The number of nitrogens with zero attached hydrogens (tertiary/aromatic N) is 2. The molecule has 0 amide bonds. The van der Waals surface area contributed by atoms with E-state index in [4.69, 9.17) is 5.73 Å². The monoisotopic (exact) mass is 272 g/mol. The van der Waals surface area contributed by atoms with E-state index in [-0.39, 0.29) is 0 Å². The summed E-state index contributed by atoms with van der Waals surface area (Å²) in [4.78, 5) is 0. The number of nitrogen functional groups attached to an aromatic ring is 1. The van der Waals surface area contributed by atoms with Gasteiger partial charge in [-0.25, -0.2) is 4.68 Å². The molecule has 0 atom stereocenters. The van der Waals surface area contributed by atoms with Crippen LogP contribution in [0.1, 0.15) is 44.4 Å². The van der Waals surface area contributed by atoms with Crippen molar-refractivity contribution in [3.63, 3.8) is 0 Å². The molecular weight excluding hydrogens is 248 g/mol. The van der Waals surface area contributed by atoms with Crippen molar-refractivity contribution in [3.05, 3.63) is 35.5 Å². The number of nitrogens with two attached hydrogens (primary N) is 1. The van der Waals surface area contributed by atoms with Gasteiger partial charge in [0, 0.05) is 12.2 Å². The van der Waals surface area contributed by atoms with E-state index < -0.39 is 0 Å². The Morgan fingerprint density at radius 3 is 2.65 bits per heavy atom. The van der Waals surface area contributed by atoms with Crippen LogP contribution in [0.5, 0.6) is 0 Å². The summed E-state index contributed by atoms with van der Waals surface area (Å²) >= 11 is 0. The Bertz CT molecular complexity index is 584. The van der Waals surface area contributed by atoms with Crippen molar-refractivity contribution >= 4 is 17.2 Å². The minimum absolute atomic E-state index is 0.462. The second-order valence-corrected chi connectivity index (χ2v) is 5.44. The van der Waals surface area contributed by atoms with E-state index in [1.54, 1.807) is 0 Å². The van der Waals surface area contributed by atoms with Gasteiger partial charge in [0.25, 0.3) is 0 Å². The molecule has 0 saturated heterocycles. The number of rotatable bonds is 5. The van der Waals surface area contributed by atoms with E-state index in [1.165, 1.54) is 5.56 Å². The molecule has 0 saturated carbocycles. The summed E-state index contributed by atoms with van der Waals surface area (Å²) in [5, 5.41) is 7.97. The molecule has 2 aromatic rings. The predicted molar refractivity (Wildman–Crippen MR) is 85.5 cm³/mol. The molecule has 4 nitrogen and oxygen atoms in total. The Morgan fingerprint density at radius 2 is 2.00 bits per heavy atom. The molecule has 0 aliphatic rings. The van der Waals surface area contributed by atoms with E-state index in [0.29, 0.717) is 5.92 Å². The van der Waals surface area contributed by atoms with Crippen molar-refractivity contribution in [2.24, 2.45) is 0 Å². The van der Waals surface area contributed by atoms with Gasteiger partial charge in [0.1, 0.15) is 0 Å². The number of hydrogen-bond acceptors (Lipinski definition) is 3. The van der Waals surface area contributed by atoms with Crippen LogP contribution < -0.4 is 11.1 Å². The van der Waals surface area contributed by atoms with Crippen LogP contribution in [0.4, 0.5) is 17.2 Å². The van der Waals surface area contributed by atoms with Gasteiger partial charge in [-0.3, -0.25) is 0 Å². The van der Waals surface area contributed by atoms with Gasteiger partial charge >= 0.3 is 0 Å². The topological polar surface area (TPSA) is 55.9 Å². The normalized spacial score (nSPS) is 11.1. The Morgan fingerprint density at radius 1 is 1.30 bits per heavy atom. The highest BCUT2D eigenvalue weighted by Crippen LogP contribution is 2.30. The summed E-state index contributed by atoms with van der Waals surface area (Å²) in [6.45, 7) is 9.33. The van der Waals surface area contributed by atoms with Gasteiger partial charge in [-0.05, 0) is 30.9 Å². The zero-order chi connectivity index (χ0) is 14.7. The SMILES string of the molecule is CCCn1nc(C)c(N)c1Nc1ccccc1C(C)C. The molecule has 1 aromatic carbocycles. The molecule has 2 rings (SSSR count). The fraction of sp³-hybridized carbons (Fsp3) is 0.438. The molecule has 0 aliphatic heterocycles. The third-order valence-electron chi connectivity index (χ3n) is 3.45. The van der Waals surface area contributed by atoms with Crippen LogP contribution in [0.25, 0.3) is 0 Å².